The largest absolute Gasteiger partial charge is 0.478 e. The molecule has 0 aromatic heterocycles. The Morgan fingerprint density at radius 1 is 1.17 bits per heavy atom. The van der Waals surface area contributed by atoms with Gasteiger partial charge >= 0.3 is 5.97 Å². The molecule has 0 aromatic carbocycles. The monoisotopic (exact) mass is 250 g/mol. The topological polar surface area (TPSA) is 37.3 Å². The third-order valence-corrected chi connectivity index (χ3v) is 2.77. The molecule has 0 saturated carbocycles. The zero-order valence-electron chi connectivity index (χ0n) is 12.1. The maximum absolute atomic E-state index is 10.4. The van der Waals surface area contributed by atoms with Gasteiger partial charge in [-0.05, 0) is 57.9 Å². The van der Waals surface area contributed by atoms with Crippen LogP contribution >= 0.6 is 0 Å². The van der Waals surface area contributed by atoms with E-state index >= 15 is 0 Å². The summed E-state index contributed by atoms with van der Waals surface area (Å²) in [5, 5.41) is 8.55. The lowest BCUT2D eigenvalue weighted by Crippen LogP contribution is -1.93. The quantitative estimate of drug-likeness (QED) is 0.384. The normalized spacial score (nSPS) is 13.7. The second kappa shape index (κ2) is 9.69. The Bertz CT molecular complexity index is 331. The standard InChI is InChI=1S/C16H26O2/c1-13(2)8-7-11-14(3)9-5-6-10-15(4)12-16(17)18/h6,8,10,12,14H,5,7,9,11H2,1-4H3,(H,17,18)/b10-6+,15-12+. The van der Waals surface area contributed by atoms with Crippen molar-refractivity contribution < 1.29 is 9.90 Å². The number of rotatable bonds is 8. The molecule has 1 atom stereocenters. The minimum Gasteiger partial charge on any atom is -0.478 e. The second-order valence-corrected chi connectivity index (χ2v) is 5.17. The van der Waals surface area contributed by atoms with Gasteiger partial charge in [0.15, 0.2) is 0 Å². The van der Waals surface area contributed by atoms with E-state index in [4.69, 9.17) is 5.11 Å². The van der Waals surface area contributed by atoms with Gasteiger partial charge in [0.25, 0.3) is 0 Å². The van der Waals surface area contributed by atoms with E-state index in [0.717, 1.165) is 24.8 Å². The van der Waals surface area contributed by atoms with Crippen LogP contribution in [0.15, 0.2) is 35.5 Å². The number of aliphatic carboxylic acids is 1. The molecule has 0 bridgehead atoms. The molecule has 0 fully saturated rings. The zero-order chi connectivity index (χ0) is 14.0. The summed E-state index contributed by atoms with van der Waals surface area (Å²) in [5.74, 6) is -0.166. The number of allylic oxidation sites excluding steroid dienone is 5. The summed E-state index contributed by atoms with van der Waals surface area (Å²) in [7, 11) is 0. The molecule has 0 radical (unpaired) electrons. The van der Waals surface area contributed by atoms with Gasteiger partial charge in [0.1, 0.15) is 0 Å². The first-order valence-electron chi connectivity index (χ1n) is 6.63. The molecule has 18 heavy (non-hydrogen) atoms. The molecule has 0 rings (SSSR count). The highest BCUT2D eigenvalue weighted by Crippen LogP contribution is 2.14. The van der Waals surface area contributed by atoms with E-state index in [1.54, 1.807) is 0 Å². The Hall–Kier alpha value is -1.31. The maximum Gasteiger partial charge on any atom is 0.328 e. The van der Waals surface area contributed by atoms with Crippen molar-refractivity contribution in [2.24, 2.45) is 5.92 Å². The number of hydrogen-bond donors (Lipinski definition) is 1. The van der Waals surface area contributed by atoms with Crippen molar-refractivity contribution in [3.8, 4) is 0 Å². The average Bonchev–Trinajstić information content (AvgIpc) is 2.23. The van der Waals surface area contributed by atoms with Crippen LogP contribution in [-0.2, 0) is 4.79 Å². The molecule has 0 spiro atoms. The molecule has 1 N–H and O–H groups in total. The lowest BCUT2D eigenvalue weighted by molar-refractivity contribution is -0.131. The lowest BCUT2D eigenvalue weighted by Gasteiger charge is -2.07. The van der Waals surface area contributed by atoms with Gasteiger partial charge in [-0.25, -0.2) is 4.79 Å². The lowest BCUT2D eigenvalue weighted by atomic mass is 9.99. The van der Waals surface area contributed by atoms with E-state index in [9.17, 15) is 4.79 Å². The van der Waals surface area contributed by atoms with Gasteiger partial charge in [0.2, 0.25) is 0 Å². The third kappa shape index (κ3) is 11.2. The highest BCUT2D eigenvalue weighted by molar-refractivity contribution is 5.81. The fourth-order valence-corrected chi connectivity index (χ4v) is 1.69. The molecule has 0 amide bonds. The number of carboxylic acids is 1. The van der Waals surface area contributed by atoms with Crippen LogP contribution in [0.25, 0.3) is 0 Å². The Morgan fingerprint density at radius 2 is 1.78 bits per heavy atom. The molecule has 0 aliphatic carbocycles. The molecule has 0 saturated heterocycles. The summed E-state index contributed by atoms with van der Waals surface area (Å²) in [4.78, 5) is 10.4. The Labute approximate surface area is 111 Å². The van der Waals surface area contributed by atoms with Crippen molar-refractivity contribution in [2.45, 2.75) is 53.4 Å². The second-order valence-electron chi connectivity index (χ2n) is 5.17. The molecular formula is C16H26O2. The van der Waals surface area contributed by atoms with Crippen LogP contribution in [0.1, 0.15) is 53.4 Å². The predicted molar refractivity (Wildman–Crippen MR) is 77.6 cm³/mol. The SMILES string of the molecule is CC(C)=CCCC(C)CC/C=C/C(C)=C/C(=O)O. The Morgan fingerprint density at radius 3 is 2.33 bits per heavy atom. The fraction of sp³-hybridized carbons (Fsp3) is 0.562. The van der Waals surface area contributed by atoms with E-state index in [1.165, 1.54) is 18.1 Å². The van der Waals surface area contributed by atoms with Crippen LogP contribution in [0.3, 0.4) is 0 Å². The van der Waals surface area contributed by atoms with Crippen LogP contribution in [0.5, 0.6) is 0 Å². The van der Waals surface area contributed by atoms with E-state index in [0.29, 0.717) is 5.92 Å². The van der Waals surface area contributed by atoms with Gasteiger partial charge in [-0.1, -0.05) is 30.7 Å². The summed E-state index contributed by atoms with van der Waals surface area (Å²) >= 11 is 0. The average molecular weight is 250 g/mol. The molecule has 0 aliphatic rings. The maximum atomic E-state index is 10.4. The van der Waals surface area contributed by atoms with Crippen molar-refractivity contribution >= 4 is 5.97 Å². The molecule has 0 heterocycles. The molecule has 1 unspecified atom stereocenters. The van der Waals surface area contributed by atoms with E-state index in [1.807, 2.05) is 13.0 Å². The summed E-state index contributed by atoms with van der Waals surface area (Å²) in [6.07, 6.45) is 12.0. The molecular weight excluding hydrogens is 224 g/mol. The molecule has 102 valence electrons. The van der Waals surface area contributed by atoms with Crippen LogP contribution in [0, 0.1) is 5.92 Å². The highest BCUT2D eigenvalue weighted by Gasteiger charge is 1.99. The Balaban J connectivity index is 3.80. The summed E-state index contributed by atoms with van der Waals surface area (Å²) < 4.78 is 0. The number of hydrogen-bond acceptors (Lipinski definition) is 1. The van der Waals surface area contributed by atoms with Crippen molar-refractivity contribution in [1.29, 1.82) is 0 Å². The first-order valence-corrected chi connectivity index (χ1v) is 6.63. The van der Waals surface area contributed by atoms with Crippen LogP contribution in [0.4, 0.5) is 0 Å². The zero-order valence-corrected chi connectivity index (χ0v) is 12.1. The van der Waals surface area contributed by atoms with Crippen LogP contribution in [0.2, 0.25) is 0 Å². The van der Waals surface area contributed by atoms with Crippen molar-refractivity contribution in [1.82, 2.24) is 0 Å². The van der Waals surface area contributed by atoms with Crippen LogP contribution < -0.4 is 0 Å². The minimum atomic E-state index is -0.882. The number of carbonyl (C=O) groups is 1. The van der Waals surface area contributed by atoms with Gasteiger partial charge in [-0.15, -0.1) is 0 Å². The minimum absolute atomic E-state index is 0.717. The highest BCUT2D eigenvalue weighted by atomic mass is 16.4. The first-order chi connectivity index (χ1) is 8.41. The molecule has 2 heteroatoms. The molecule has 0 aliphatic heterocycles. The van der Waals surface area contributed by atoms with Gasteiger partial charge in [0, 0.05) is 6.08 Å². The van der Waals surface area contributed by atoms with E-state index in [-0.39, 0.29) is 0 Å². The molecule has 0 aromatic rings. The predicted octanol–water partition coefficient (Wildman–Crippen LogP) is 4.74. The van der Waals surface area contributed by atoms with Gasteiger partial charge in [0.05, 0.1) is 0 Å². The van der Waals surface area contributed by atoms with Gasteiger partial charge in [-0.2, -0.15) is 0 Å². The van der Waals surface area contributed by atoms with Crippen molar-refractivity contribution in [3.63, 3.8) is 0 Å². The molecule has 2 nitrogen and oxygen atoms in total. The van der Waals surface area contributed by atoms with Crippen LogP contribution in [-0.4, -0.2) is 11.1 Å². The van der Waals surface area contributed by atoms with E-state index < -0.39 is 5.97 Å². The van der Waals surface area contributed by atoms with E-state index in [2.05, 4.69) is 32.9 Å². The van der Waals surface area contributed by atoms with Gasteiger partial charge in [-0.3, -0.25) is 0 Å². The fourth-order valence-electron chi connectivity index (χ4n) is 1.69. The number of carboxylic acid groups (broad SMARTS) is 1. The Kier molecular flexibility index (Phi) is 8.99. The third-order valence-electron chi connectivity index (χ3n) is 2.77. The summed E-state index contributed by atoms with van der Waals surface area (Å²) in [6, 6.07) is 0. The first kappa shape index (κ1) is 16.7. The summed E-state index contributed by atoms with van der Waals surface area (Å²) in [5.41, 5.74) is 2.18. The summed E-state index contributed by atoms with van der Waals surface area (Å²) in [6.45, 7) is 8.34. The van der Waals surface area contributed by atoms with Crippen molar-refractivity contribution in [3.05, 3.63) is 35.5 Å². The smallest absolute Gasteiger partial charge is 0.328 e. The van der Waals surface area contributed by atoms with Gasteiger partial charge < -0.3 is 5.11 Å². The van der Waals surface area contributed by atoms with Crippen molar-refractivity contribution in [2.75, 3.05) is 0 Å².